The van der Waals surface area contributed by atoms with Crippen LogP contribution in [-0.2, 0) is 0 Å². The summed E-state index contributed by atoms with van der Waals surface area (Å²) in [6.45, 7) is 2.00. The van der Waals surface area contributed by atoms with Gasteiger partial charge in [-0.2, -0.15) is 0 Å². The van der Waals surface area contributed by atoms with Crippen molar-refractivity contribution < 1.29 is 9.90 Å². The summed E-state index contributed by atoms with van der Waals surface area (Å²) in [4.78, 5) is 18.5. The Morgan fingerprint density at radius 3 is 2.93 bits per heavy atom. The van der Waals surface area contributed by atoms with Gasteiger partial charge in [0.15, 0.2) is 0 Å². The van der Waals surface area contributed by atoms with E-state index in [4.69, 9.17) is 5.11 Å². The third-order valence-electron chi connectivity index (χ3n) is 1.81. The molecule has 14 heavy (non-hydrogen) atoms. The lowest BCUT2D eigenvalue weighted by Crippen LogP contribution is -1.95. The van der Waals surface area contributed by atoms with Crippen LogP contribution in [0, 0.1) is 6.92 Å². The number of nitrogens with zero attached hydrogens (tertiary/aromatic N) is 1. The molecule has 0 aromatic carbocycles. The molecule has 0 aliphatic heterocycles. The number of carboxylic acid groups (broad SMARTS) is 1. The van der Waals surface area contributed by atoms with Crippen molar-refractivity contribution >= 4 is 17.3 Å². The van der Waals surface area contributed by atoms with Gasteiger partial charge < -0.3 is 10.1 Å². The molecule has 72 valence electrons. The average Bonchev–Trinajstić information content (AvgIpc) is 2.70. The van der Waals surface area contributed by atoms with Gasteiger partial charge in [0.2, 0.25) is 0 Å². The van der Waals surface area contributed by atoms with Gasteiger partial charge >= 0.3 is 5.97 Å². The van der Waals surface area contributed by atoms with Crippen LogP contribution in [0.4, 0.5) is 0 Å². The van der Waals surface area contributed by atoms with Gasteiger partial charge in [-0.05, 0) is 13.0 Å². The normalized spacial score (nSPS) is 10.4. The summed E-state index contributed by atoms with van der Waals surface area (Å²) in [5.74, 6) is -0.387. The Morgan fingerprint density at radius 2 is 2.43 bits per heavy atom. The van der Waals surface area contributed by atoms with Crippen LogP contribution in [0.2, 0.25) is 0 Å². The lowest BCUT2D eigenvalue weighted by Gasteiger charge is -1.88. The van der Waals surface area contributed by atoms with Gasteiger partial charge in [-0.3, -0.25) is 0 Å². The highest BCUT2D eigenvalue weighted by Gasteiger charge is 2.09. The summed E-state index contributed by atoms with van der Waals surface area (Å²) in [7, 11) is 0. The van der Waals surface area contributed by atoms with Crippen LogP contribution in [0.25, 0.3) is 11.4 Å². The van der Waals surface area contributed by atoms with E-state index in [2.05, 4.69) is 9.97 Å². The highest BCUT2D eigenvalue weighted by atomic mass is 32.1. The molecule has 2 rings (SSSR count). The monoisotopic (exact) mass is 208 g/mol. The summed E-state index contributed by atoms with van der Waals surface area (Å²) in [5, 5.41) is 10.6. The summed E-state index contributed by atoms with van der Waals surface area (Å²) in [6, 6.07) is 1.97. The number of hydrogen-bond acceptors (Lipinski definition) is 3. The summed E-state index contributed by atoms with van der Waals surface area (Å²) < 4.78 is 0. The Bertz CT molecular complexity index is 473. The maximum atomic E-state index is 10.6. The average molecular weight is 208 g/mol. The zero-order valence-corrected chi connectivity index (χ0v) is 8.26. The molecule has 0 spiro atoms. The number of carbonyl (C=O) groups is 1. The second-order valence-corrected chi connectivity index (χ2v) is 4.01. The third-order valence-corrected chi connectivity index (χ3v) is 2.67. The first kappa shape index (κ1) is 8.96. The number of aromatic carboxylic acids is 1. The van der Waals surface area contributed by atoms with Gasteiger partial charge in [0, 0.05) is 15.8 Å². The van der Waals surface area contributed by atoms with Crippen LogP contribution in [0.3, 0.4) is 0 Å². The minimum absolute atomic E-state index is 0.115. The largest absolute Gasteiger partial charge is 0.477 e. The zero-order valence-electron chi connectivity index (χ0n) is 7.44. The van der Waals surface area contributed by atoms with Crippen LogP contribution in [-0.4, -0.2) is 21.0 Å². The van der Waals surface area contributed by atoms with E-state index >= 15 is 0 Å². The molecule has 2 heterocycles. The van der Waals surface area contributed by atoms with E-state index in [1.807, 2.05) is 18.4 Å². The Labute approximate surface area is 84.2 Å². The van der Waals surface area contributed by atoms with E-state index in [9.17, 15) is 4.79 Å². The standard InChI is InChI=1S/C9H8N2O2S/c1-5-2-6(4-14-5)8-10-3-7(11-8)9(12)13/h2-4H,1H3,(H,10,11)(H,12,13). The van der Waals surface area contributed by atoms with Crippen molar-refractivity contribution in [2.75, 3.05) is 0 Å². The number of aromatic nitrogens is 2. The number of rotatable bonds is 2. The fraction of sp³-hybridized carbons (Fsp3) is 0.111. The molecule has 2 aromatic heterocycles. The number of thiophene rings is 1. The highest BCUT2D eigenvalue weighted by Crippen LogP contribution is 2.22. The van der Waals surface area contributed by atoms with Gasteiger partial charge in [0.25, 0.3) is 0 Å². The van der Waals surface area contributed by atoms with Gasteiger partial charge in [-0.25, -0.2) is 9.78 Å². The quantitative estimate of drug-likeness (QED) is 0.794. The Hall–Kier alpha value is -1.62. The lowest BCUT2D eigenvalue weighted by molar-refractivity contribution is 0.0691. The Kier molecular flexibility index (Phi) is 2.09. The lowest BCUT2D eigenvalue weighted by atomic mass is 10.3. The van der Waals surface area contributed by atoms with Crippen LogP contribution in [0.5, 0.6) is 0 Å². The van der Waals surface area contributed by atoms with Crippen LogP contribution in [0.1, 0.15) is 15.4 Å². The Balaban J connectivity index is 2.38. The van der Waals surface area contributed by atoms with Gasteiger partial charge in [-0.1, -0.05) is 0 Å². The summed E-state index contributed by atoms with van der Waals surface area (Å²) in [6.07, 6.45) is 1.32. The first-order valence-electron chi connectivity index (χ1n) is 4.00. The first-order chi connectivity index (χ1) is 6.66. The predicted molar refractivity (Wildman–Crippen MR) is 53.6 cm³/mol. The molecule has 5 heteroatoms. The van der Waals surface area contributed by atoms with E-state index in [1.54, 1.807) is 11.3 Å². The second kappa shape index (κ2) is 3.26. The SMILES string of the molecule is Cc1cc(-c2ncc(C(=O)O)[nH]2)cs1. The van der Waals surface area contributed by atoms with Crippen molar-refractivity contribution in [2.24, 2.45) is 0 Å². The molecule has 0 radical (unpaired) electrons. The first-order valence-corrected chi connectivity index (χ1v) is 4.88. The van der Waals surface area contributed by atoms with E-state index in [1.165, 1.54) is 11.1 Å². The molecule has 0 unspecified atom stereocenters. The molecule has 0 saturated heterocycles. The third kappa shape index (κ3) is 1.54. The summed E-state index contributed by atoms with van der Waals surface area (Å²) >= 11 is 1.61. The Morgan fingerprint density at radius 1 is 1.64 bits per heavy atom. The number of nitrogens with one attached hydrogen (secondary N) is 1. The molecule has 0 bridgehead atoms. The fourth-order valence-electron chi connectivity index (χ4n) is 1.14. The molecule has 0 atom stereocenters. The van der Waals surface area contributed by atoms with Crippen molar-refractivity contribution in [1.29, 1.82) is 0 Å². The van der Waals surface area contributed by atoms with Crippen molar-refractivity contribution in [3.8, 4) is 11.4 Å². The molecule has 0 aliphatic rings. The topological polar surface area (TPSA) is 66.0 Å². The molecular formula is C9H8N2O2S. The molecule has 2 N–H and O–H groups in total. The second-order valence-electron chi connectivity index (χ2n) is 2.90. The number of H-pyrrole nitrogens is 1. The number of hydrogen-bond donors (Lipinski definition) is 2. The van der Waals surface area contributed by atoms with Gasteiger partial charge in [0.05, 0.1) is 6.20 Å². The molecule has 0 fully saturated rings. The molecule has 2 aromatic rings. The minimum Gasteiger partial charge on any atom is -0.477 e. The highest BCUT2D eigenvalue weighted by molar-refractivity contribution is 7.10. The van der Waals surface area contributed by atoms with Crippen molar-refractivity contribution in [1.82, 2.24) is 9.97 Å². The molecular weight excluding hydrogens is 200 g/mol. The number of carboxylic acids is 1. The van der Waals surface area contributed by atoms with E-state index in [-0.39, 0.29) is 5.69 Å². The van der Waals surface area contributed by atoms with Crippen molar-refractivity contribution in [3.05, 3.63) is 28.2 Å². The summed E-state index contributed by atoms with van der Waals surface area (Å²) in [5.41, 5.74) is 1.05. The molecule has 0 saturated carbocycles. The minimum atomic E-state index is -0.990. The molecule has 0 aliphatic carbocycles. The molecule has 4 nitrogen and oxygen atoms in total. The number of aromatic amines is 1. The number of imidazole rings is 1. The maximum Gasteiger partial charge on any atom is 0.353 e. The van der Waals surface area contributed by atoms with E-state index in [0.29, 0.717) is 5.82 Å². The van der Waals surface area contributed by atoms with Crippen LogP contribution in [0.15, 0.2) is 17.6 Å². The van der Waals surface area contributed by atoms with Gasteiger partial charge in [0.1, 0.15) is 11.5 Å². The van der Waals surface area contributed by atoms with Crippen LogP contribution < -0.4 is 0 Å². The van der Waals surface area contributed by atoms with E-state index in [0.717, 1.165) is 5.56 Å². The van der Waals surface area contributed by atoms with Crippen LogP contribution >= 0.6 is 11.3 Å². The van der Waals surface area contributed by atoms with Gasteiger partial charge in [-0.15, -0.1) is 11.3 Å². The maximum absolute atomic E-state index is 10.6. The predicted octanol–water partition coefficient (Wildman–Crippen LogP) is 2.14. The van der Waals surface area contributed by atoms with E-state index < -0.39 is 5.97 Å². The number of aryl methyl sites for hydroxylation is 1. The smallest absolute Gasteiger partial charge is 0.353 e. The fourth-order valence-corrected chi connectivity index (χ4v) is 1.83. The van der Waals surface area contributed by atoms with Crippen molar-refractivity contribution in [2.45, 2.75) is 6.92 Å². The van der Waals surface area contributed by atoms with Crippen molar-refractivity contribution in [3.63, 3.8) is 0 Å². The molecule has 0 amide bonds. The zero-order chi connectivity index (χ0) is 10.1.